The Bertz CT molecular complexity index is 614. The molecule has 3 heteroatoms. The highest BCUT2D eigenvalue weighted by Crippen LogP contribution is 2.35. The fraction of sp³-hybridized carbons (Fsp3) is 0.438. The fourth-order valence-corrected chi connectivity index (χ4v) is 3.17. The van der Waals surface area contributed by atoms with Gasteiger partial charge in [0.05, 0.1) is 7.11 Å². The molecular weight excluding hydrogens is 238 g/mol. The minimum atomic E-state index is 0.185. The zero-order chi connectivity index (χ0) is 13.4. The first kappa shape index (κ1) is 12.3. The van der Waals surface area contributed by atoms with Gasteiger partial charge in [-0.15, -0.1) is 0 Å². The first-order valence-corrected chi connectivity index (χ1v) is 6.90. The zero-order valence-corrected chi connectivity index (χ0v) is 11.4. The number of Topliss-reactive ketones (excluding diaryl/α,β-unsaturated/α-hetero) is 1. The van der Waals surface area contributed by atoms with Crippen LogP contribution < -0.4 is 4.74 Å². The third kappa shape index (κ3) is 2.03. The molecule has 2 unspecified atom stereocenters. The van der Waals surface area contributed by atoms with Gasteiger partial charge in [0.2, 0.25) is 0 Å². The Morgan fingerprint density at radius 2 is 2.21 bits per heavy atom. The number of rotatable bonds is 3. The first-order valence-electron chi connectivity index (χ1n) is 6.90. The van der Waals surface area contributed by atoms with Crippen LogP contribution in [0.2, 0.25) is 0 Å². The van der Waals surface area contributed by atoms with E-state index < -0.39 is 0 Å². The van der Waals surface area contributed by atoms with Crippen LogP contribution in [0.5, 0.6) is 5.75 Å². The Balaban J connectivity index is 2.02. The van der Waals surface area contributed by atoms with Gasteiger partial charge in [-0.25, -0.2) is 0 Å². The van der Waals surface area contributed by atoms with Gasteiger partial charge in [-0.1, -0.05) is 13.3 Å². The van der Waals surface area contributed by atoms with E-state index in [2.05, 4.69) is 11.9 Å². The minimum absolute atomic E-state index is 0.185. The summed E-state index contributed by atoms with van der Waals surface area (Å²) in [6, 6.07) is 5.81. The van der Waals surface area contributed by atoms with Gasteiger partial charge >= 0.3 is 0 Å². The number of aromatic amines is 1. The van der Waals surface area contributed by atoms with Gasteiger partial charge in [0.1, 0.15) is 5.75 Å². The number of H-pyrrole nitrogens is 1. The lowest BCUT2D eigenvalue weighted by molar-refractivity contribution is 0.0899. The molecule has 2 atom stereocenters. The van der Waals surface area contributed by atoms with E-state index in [1.54, 1.807) is 7.11 Å². The Kier molecular flexibility index (Phi) is 3.05. The minimum Gasteiger partial charge on any atom is -0.497 e. The van der Waals surface area contributed by atoms with E-state index in [1.165, 1.54) is 12.8 Å². The van der Waals surface area contributed by atoms with E-state index in [0.717, 1.165) is 28.6 Å². The normalized spacial score (nSPS) is 22.8. The molecule has 0 saturated heterocycles. The van der Waals surface area contributed by atoms with Crippen LogP contribution in [0.3, 0.4) is 0 Å². The lowest BCUT2D eigenvalue weighted by Crippen LogP contribution is -2.16. The monoisotopic (exact) mass is 257 g/mol. The molecule has 1 heterocycles. The quantitative estimate of drug-likeness (QED) is 0.850. The number of carbonyl (C=O) groups excluding carboxylic acids is 1. The maximum Gasteiger partial charge on any atom is 0.168 e. The van der Waals surface area contributed by atoms with Gasteiger partial charge in [0, 0.05) is 28.6 Å². The van der Waals surface area contributed by atoms with Crippen LogP contribution in [0.15, 0.2) is 24.4 Å². The molecule has 1 aromatic heterocycles. The maximum absolute atomic E-state index is 12.7. The second-order valence-corrected chi connectivity index (χ2v) is 5.49. The SMILES string of the molecule is COc1ccc2[nH]cc(C(=O)C3CCCC3C)c2c1. The van der Waals surface area contributed by atoms with Crippen LogP contribution in [0.25, 0.3) is 10.9 Å². The van der Waals surface area contributed by atoms with Gasteiger partial charge in [-0.2, -0.15) is 0 Å². The zero-order valence-electron chi connectivity index (χ0n) is 11.4. The number of hydrogen-bond acceptors (Lipinski definition) is 2. The summed E-state index contributed by atoms with van der Waals surface area (Å²) in [5.41, 5.74) is 1.81. The second-order valence-electron chi connectivity index (χ2n) is 5.49. The number of ketones is 1. The molecule has 2 aromatic rings. The molecule has 1 aromatic carbocycles. The van der Waals surface area contributed by atoms with E-state index in [1.807, 2.05) is 24.4 Å². The molecule has 1 saturated carbocycles. The molecule has 3 rings (SSSR count). The van der Waals surface area contributed by atoms with Gasteiger partial charge in [0.15, 0.2) is 5.78 Å². The van der Waals surface area contributed by atoms with Crippen molar-refractivity contribution in [3.8, 4) is 5.75 Å². The number of nitrogens with one attached hydrogen (secondary N) is 1. The van der Waals surface area contributed by atoms with Crippen molar-refractivity contribution >= 4 is 16.7 Å². The van der Waals surface area contributed by atoms with Crippen LogP contribution in [0.1, 0.15) is 36.5 Å². The second kappa shape index (κ2) is 4.72. The van der Waals surface area contributed by atoms with Gasteiger partial charge < -0.3 is 9.72 Å². The van der Waals surface area contributed by atoms with Gasteiger partial charge in [-0.05, 0) is 37.0 Å². The summed E-state index contributed by atoms with van der Waals surface area (Å²) in [4.78, 5) is 15.9. The number of methoxy groups -OCH3 is 1. The molecule has 0 amide bonds. The molecule has 0 spiro atoms. The summed E-state index contributed by atoms with van der Waals surface area (Å²) < 4.78 is 5.25. The third-order valence-electron chi connectivity index (χ3n) is 4.35. The van der Waals surface area contributed by atoms with Crippen molar-refractivity contribution in [2.45, 2.75) is 26.2 Å². The van der Waals surface area contributed by atoms with E-state index in [4.69, 9.17) is 4.74 Å². The van der Waals surface area contributed by atoms with Gasteiger partial charge in [0.25, 0.3) is 0 Å². The van der Waals surface area contributed by atoms with E-state index in [0.29, 0.717) is 5.92 Å². The largest absolute Gasteiger partial charge is 0.497 e. The van der Waals surface area contributed by atoms with E-state index in [-0.39, 0.29) is 11.7 Å². The number of aromatic nitrogens is 1. The number of benzene rings is 1. The standard InChI is InChI=1S/C16H19NO2/c1-10-4-3-5-12(10)16(18)14-9-17-15-7-6-11(19-2)8-13(14)15/h6-10,12,17H,3-5H2,1-2H3. The summed E-state index contributed by atoms with van der Waals surface area (Å²) in [6.07, 6.45) is 5.21. The van der Waals surface area contributed by atoms with Gasteiger partial charge in [-0.3, -0.25) is 4.79 Å². The fourth-order valence-electron chi connectivity index (χ4n) is 3.17. The molecule has 1 aliphatic rings. The number of ether oxygens (including phenoxy) is 1. The highest BCUT2D eigenvalue weighted by Gasteiger charge is 2.31. The van der Waals surface area contributed by atoms with Crippen molar-refractivity contribution in [2.24, 2.45) is 11.8 Å². The number of fused-ring (bicyclic) bond motifs is 1. The predicted octanol–water partition coefficient (Wildman–Crippen LogP) is 3.80. The first-order chi connectivity index (χ1) is 9.20. The Hall–Kier alpha value is -1.77. The van der Waals surface area contributed by atoms with Crippen LogP contribution in [0.4, 0.5) is 0 Å². The molecule has 100 valence electrons. The predicted molar refractivity (Wildman–Crippen MR) is 75.7 cm³/mol. The van der Waals surface area contributed by atoms with E-state index in [9.17, 15) is 4.79 Å². The average Bonchev–Trinajstić information content (AvgIpc) is 3.03. The van der Waals surface area contributed by atoms with Crippen molar-refractivity contribution in [1.29, 1.82) is 0 Å². The Morgan fingerprint density at radius 3 is 2.89 bits per heavy atom. The van der Waals surface area contributed by atoms with Crippen molar-refractivity contribution in [3.63, 3.8) is 0 Å². The van der Waals surface area contributed by atoms with Crippen LogP contribution in [0, 0.1) is 11.8 Å². The summed E-state index contributed by atoms with van der Waals surface area (Å²) in [5, 5.41) is 0.975. The molecule has 0 radical (unpaired) electrons. The molecule has 0 bridgehead atoms. The summed E-state index contributed by atoms with van der Waals surface area (Å²) in [6.45, 7) is 2.19. The molecule has 0 aliphatic heterocycles. The van der Waals surface area contributed by atoms with Crippen molar-refractivity contribution in [2.75, 3.05) is 7.11 Å². The molecule has 1 aliphatic carbocycles. The topological polar surface area (TPSA) is 42.1 Å². The van der Waals surface area contributed by atoms with Crippen LogP contribution in [-0.2, 0) is 0 Å². The smallest absolute Gasteiger partial charge is 0.168 e. The van der Waals surface area contributed by atoms with E-state index >= 15 is 0 Å². The highest BCUT2D eigenvalue weighted by molar-refractivity contribution is 6.09. The van der Waals surface area contributed by atoms with Crippen LogP contribution >= 0.6 is 0 Å². The van der Waals surface area contributed by atoms with Crippen molar-refractivity contribution in [1.82, 2.24) is 4.98 Å². The molecule has 1 N–H and O–H groups in total. The highest BCUT2D eigenvalue weighted by atomic mass is 16.5. The summed E-state index contributed by atoms with van der Waals surface area (Å²) in [7, 11) is 1.65. The molecule has 1 fully saturated rings. The lowest BCUT2D eigenvalue weighted by atomic mass is 9.89. The van der Waals surface area contributed by atoms with Crippen LogP contribution in [-0.4, -0.2) is 17.9 Å². The maximum atomic E-state index is 12.7. The molecular formula is C16H19NO2. The third-order valence-corrected chi connectivity index (χ3v) is 4.35. The molecule has 3 nitrogen and oxygen atoms in total. The average molecular weight is 257 g/mol. The lowest BCUT2D eigenvalue weighted by Gasteiger charge is -2.13. The Labute approximate surface area is 113 Å². The number of hydrogen-bond donors (Lipinski definition) is 1. The Morgan fingerprint density at radius 1 is 1.37 bits per heavy atom. The summed E-state index contributed by atoms with van der Waals surface area (Å²) >= 11 is 0. The summed E-state index contributed by atoms with van der Waals surface area (Å²) in [5.74, 6) is 1.76. The molecule has 19 heavy (non-hydrogen) atoms. The van der Waals surface area contributed by atoms with Crippen molar-refractivity contribution < 1.29 is 9.53 Å². The number of carbonyl (C=O) groups is 1. The van der Waals surface area contributed by atoms with Crippen molar-refractivity contribution in [3.05, 3.63) is 30.0 Å².